The quantitative estimate of drug-likeness (QED) is 0.547. The summed E-state index contributed by atoms with van der Waals surface area (Å²) in [7, 11) is 0. The van der Waals surface area contributed by atoms with Crippen LogP contribution in [0.2, 0.25) is 0 Å². The second kappa shape index (κ2) is 7.35. The van der Waals surface area contributed by atoms with Crippen LogP contribution in [0.25, 0.3) is 0 Å². The van der Waals surface area contributed by atoms with E-state index in [0.29, 0.717) is 6.54 Å². The van der Waals surface area contributed by atoms with Crippen molar-refractivity contribution in [2.75, 3.05) is 6.54 Å². The van der Waals surface area contributed by atoms with E-state index in [-0.39, 0.29) is 23.5 Å². The van der Waals surface area contributed by atoms with E-state index in [0.717, 1.165) is 44.1 Å². The van der Waals surface area contributed by atoms with Gasteiger partial charge in [0.2, 0.25) is 5.91 Å². The molecule has 6 nitrogen and oxygen atoms in total. The maximum atomic E-state index is 11.4. The Morgan fingerprint density at radius 3 is 2.44 bits per heavy atom. The van der Waals surface area contributed by atoms with E-state index in [1.165, 1.54) is 0 Å². The fraction of sp³-hybridized carbons (Fsp3) is 0.818. The van der Waals surface area contributed by atoms with Gasteiger partial charge in [-0.25, -0.2) is 0 Å². The first-order chi connectivity index (χ1) is 8.58. The van der Waals surface area contributed by atoms with Crippen molar-refractivity contribution >= 4 is 23.8 Å². The van der Waals surface area contributed by atoms with Crippen LogP contribution in [0.5, 0.6) is 0 Å². The highest BCUT2D eigenvalue weighted by molar-refractivity contribution is 7.99. The molecule has 102 valence electrons. The zero-order valence-electron chi connectivity index (χ0n) is 10.2. The zero-order chi connectivity index (χ0) is 13.4. The minimum Gasteiger partial charge on any atom is -0.481 e. The summed E-state index contributed by atoms with van der Waals surface area (Å²) in [5.41, 5.74) is 0. The van der Waals surface area contributed by atoms with Crippen molar-refractivity contribution in [1.29, 1.82) is 0 Å². The number of carboxylic acid groups (broad SMARTS) is 1. The summed E-state index contributed by atoms with van der Waals surface area (Å²) in [6, 6.07) is 0. The molecule has 18 heavy (non-hydrogen) atoms. The number of hydrogen-bond donors (Lipinski definition) is 2. The summed E-state index contributed by atoms with van der Waals surface area (Å²) in [6.07, 6.45) is 4.75. The van der Waals surface area contributed by atoms with Gasteiger partial charge >= 0.3 is 5.97 Å². The smallest absolute Gasteiger partial charge is 0.303 e. The van der Waals surface area contributed by atoms with Crippen LogP contribution >= 0.6 is 11.9 Å². The molecule has 0 radical (unpaired) electrons. The molecule has 0 atom stereocenters. The van der Waals surface area contributed by atoms with E-state index in [1.54, 1.807) is 0 Å². The number of rotatable bonds is 7. The van der Waals surface area contributed by atoms with Gasteiger partial charge < -0.3 is 10.4 Å². The average Bonchev–Trinajstić information content (AvgIpc) is 2.35. The van der Waals surface area contributed by atoms with Crippen LogP contribution in [0, 0.1) is 4.91 Å². The highest BCUT2D eigenvalue weighted by atomic mass is 32.2. The minimum atomic E-state index is -0.985. The summed E-state index contributed by atoms with van der Waals surface area (Å²) >= 11 is 1.00. The largest absolute Gasteiger partial charge is 0.481 e. The number of nitroso groups, excluding NO2 is 1. The summed E-state index contributed by atoms with van der Waals surface area (Å²) in [6.45, 7) is 0.391. The van der Waals surface area contributed by atoms with Crippen LogP contribution < -0.4 is 5.32 Å². The fourth-order valence-electron chi connectivity index (χ4n) is 2.14. The van der Waals surface area contributed by atoms with Gasteiger partial charge in [0, 0.05) is 29.5 Å². The Labute approximate surface area is 110 Å². The molecule has 0 aliphatic heterocycles. The topological polar surface area (TPSA) is 95.8 Å². The summed E-state index contributed by atoms with van der Waals surface area (Å²) in [4.78, 5) is 32.2. The molecule has 1 fully saturated rings. The first kappa shape index (κ1) is 14.9. The number of aliphatic carboxylic acids is 1. The van der Waals surface area contributed by atoms with E-state index in [4.69, 9.17) is 5.11 Å². The molecule has 0 aromatic carbocycles. The minimum absolute atomic E-state index is 0.0232. The third kappa shape index (κ3) is 5.03. The first-order valence-corrected chi connectivity index (χ1v) is 6.85. The van der Waals surface area contributed by atoms with Crippen molar-refractivity contribution in [3.8, 4) is 0 Å². The molecular formula is C11H18N2O4S. The lowest BCUT2D eigenvalue weighted by atomic mass is 9.88. The van der Waals surface area contributed by atoms with Crippen LogP contribution in [-0.2, 0) is 9.59 Å². The summed E-state index contributed by atoms with van der Waals surface area (Å²) in [5, 5.41) is 11.2. The van der Waals surface area contributed by atoms with Gasteiger partial charge in [-0.1, -0.05) is 19.3 Å². The van der Waals surface area contributed by atoms with Gasteiger partial charge in [-0.2, -0.15) is 0 Å². The highest BCUT2D eigenvalue weighted by Gasteiger charge is 2.34. The van der Waals surface area contributed by atoms with Gasteiger partial charge in [0.15, 0.2) is 0 Å². The highest BCUT2D eigenvalue weighted by Crippen LogP contribution is 2.39. The van der Waals surface area contributed by atoms with E-state index < -0.39 is 5.97 Å². The van der Waals surface area contributed by atoms with Crippen LogP contribution in [0.3, 0.4) is 0 Å². The van der Waals surface area contributed by atoms with Crippen LogP contribution in [0.15, 0.2) is 4.58 Å². The molecule has 1 saturated carbocycles. The molecule has 0 unspecified atom stereocenters. The molecule has 1 aliphatic rings. The van der Waals surface area contributed by atoms with E-state index >= 15 is 0 Å². The Morgan fingerprint density at radius 1 is 1.22 bits per heavy atom. The summed E-state index contributed by atoms with van der Waals surface area (Å²) < 4.78 is 2.61. The van der Waals surface area contributed by atoms with Gasteiger partial charge in [0.1, 0.15) is 0 Å². The molecule has 1 aliphatic carbocycles. The molecule has 0 bridgehead atoms. The SMILES string of the molecule is O=NSC1(CNC(=O)CCC(=O)O)CCCCC1. The molecule has 2 N–H and O–H groups in total. The van der Waals surface area contributed by atoms with Gasteiger partial charge in [0.05, 0.1) is 11.2 Å². The Morgan fingerprint density at radius 2 is 1.89 bits per heavy atom. The lowest BCUT2D eigenvalue weighted by molar-refractivity contribution is -0.138. The maximum absolute atomic E-state index is 11.4. The number of carbonyl (C=O) groups excluding carboxylic acids is 1. The standard InChI is InChI=1S/C11H18N2O4S/c14-9(4-5-10(15)16)12-8-11(18-13-17)6-2-1-3-7-11/h1-8H2,(H,12,14)(H,15,16). The predicted molar refractivity (Wildman–Crippen MR) is 69.1 cm³/mol. The Hall–Kier alpha value is -1.11. The van der Waals surface area contributed by atoms with E-state index in [2.05, 4.69) is 9.90 Å². The molecule has 0 spiro atoms. The zero-order valence-corrected chi connectivity index (χ0v) is 11.0. The van der Waals surface area contributed by atoms with Gasteiger partial charge in [-0.15, -0.1) is 4.91 Å². The third-order valence-electron chi connectivity index (χ3n) is 3.17. The molecule has 0 heterocycles. The maximum Gasteiger partial charge on any atom is 0.303 e. The second-order valence-corrected chi connectivity index (χ2v) is 5.78. The van der Waals surface area contributed by atoms with Crippen molar-refractivity contribution in [3.63, 3.8) is 0 Å². The number of amides is 1. The number of nitrogens with one attached hydrogen (secondary N) is 1. The molecule has 1 amide bonds. The normalized spacial score (nSPS) is 18.0. The fourth-order valence-corrected chi connectivity index (χ4v) is 2.91. The van der Waals surface area contributed by atoms with Crippen molar-refractivity contribution < 1.29 is 14.7 Å². The average molecular weight is 274 g/mol. The van der Waals surface area contributed by atoms with Gasteiger partial charge in [-0.3, -0.25) is 9.59 Å². The molecule has 0 aromatic heterocycles. The van der Waals surface area contributed by atoms with E-state index in [9.17, 15) is 14.5 Å². The van der Waals surface area contributed by atoms with Crippen molar-refractivity contribution in [2.45, 2.75) is 49.7 Å². The predicted octanol–water partition coefficient (Wildman–Crippen LogP) is 2.08. The van der Waals surface area contributed by atoms with Crippen molar-refractivity contribution in [2.24, 2.45) is 4.58 Å². The lowest BCUT2D eigenvalue weighted by Gasteiger charge is -2.33. The molecule has 0 aromatic rings. The van der Waals surface area contributed by atoms with Crippen LogP contribution in [-0.4, -0.2) is 28.3 Å². The Balaban J connectivity index is 2.39. The lowest BCUT2D eigenvalue weighted by Crippen LogP contribution is -2.41. The number of hydrogen-bond acceptors (Lipinski definition) is 5. The number of carboxylic acids is 1. The molecular weight excluding hydrogens is 256 g/mol. The molecule has 0 saturated heterocycles. The monoisotopic (exact) mass is 274 g/mol. The summed E-state index contributed by atoms with van der Waals surface area (Å²) in [5.74, 6) is -1.27. The Bertz CT molecular complexity index is 316. The van der Waals surface area contributed by atoms with Gasteiger partial charge in [-0.05, 0) is 12.8 Å². The molecule has 7 heteroatoms. The van der Waals surface area contributed by atoms with E-state index in [1.807, 2.05) is 0 Å². The Kier molecular flexibility index (Phi) is 6.11. The van der Waals surface area contributed by atoms with Crippen molar-refractivity contribution in [3.05, 3.63) is 4.91 Å². The van der Waals surface area contributed by atoms with Gasteiger partial charge in [0.25, 0.3) is 0 Å². The van der Waals surface area contributed by atoms with Crippen molar-refractivity contribution in [1.82, 2.24) is 5.32 Å². The second-order valence-electron chi connectivity index (χ2n) is 4.58. The van der Waals surface area contributed by atoms with Crippen LogP contribution in [0.4, 0.5) is 0 Å². The number of carbonyl (C=O) groups is 2. The number of nitrogens with zero attached hydrogens (tertiary/aromatic N) is 1. The third-order valence-corrected chi connectivity index (χ3v) is 4.18. The first-order valence-electron chi connectivity index (χ1n) is 6.07. The van der Waals surface area contributed by atoms with Crippen LogP contribution in [0.1, 0.15) is 44.9 Å². The molecule has 1 rings (SSSR count).